The normalized spacial score (nSPS) is 26.1. The predicted molar refractivity (Wildman–Crippen MR) is 139 cm³/mol. The summed E-state index contributed by atoms with van der Waals surface area (Å²) in [6.07, 6.45) is -2.70. The standard InChI is InChI=1S/C21H35N6O9PS/c1-19(2,3)26-37(33,34-7-8-38-17(30)20(4,5)31)35-9-11-13(28)21(6,32)16(36-11)27-10-23-12-14(27)24-18(22)25-15(12)29/h10-11,13,16,28,31-32H,7-9H2,1-6H3,(H,26,33)(H3,22,24,25,29). The lowest BCUT2D eigenvalue weighted by molar-refractivity contribution is -0.124. The second-order valence-electron chi connectivity index (χ2n) is 10.7. The summed E-state index contributed by atoms with van der Waals surface area (Å²) in [4.78, 5) is 34.4. The molecule has 15 nitrogen and oxygen atoms in total. The Morgan fingerprint density at radius 1 is 1.37 bits per heavy atom. The van der Waals surface area contributed by atoms with Crippen LogP contribution in [0.2, 0.25) is 0 Å². The van der Waals surface area contributed by atoms with Gasteiger partial charge in [-0.2, -0.15) is 4.98 Å². The van der Waals surface area contributed by atoms with Crippen LogP contribution in [0.5, 0.6) is 0 Å². The molecule has 0 aromatic carbocycles. The number of aromatic amines is 1. The zero-order chi connectivity index (χ0) is 28.7. The van der Waals surface area contributed by atoms with Crippen molar-refractivity contribution in [1.29, 1.82) is 0 Å². The van der Waals surface area contributed by atoms with Crippen molar-refractivity contribution in [3.63, 3.8) is 0 Å². The molecule has 17 heteroatoms. The number of nitrogen functional groups attached to an aromatic ring is 1. The molecule has 2 aromatic heterocycles. The number of hydrogen-bond donors (Lipinski definition) is 6. The van der Waals surface area contributed by atoms with E-state index >= 15 is 0 Å². The largest absolute Gasteiger partial charge is 0.406 e. The zero-order valence-corrected chi connectivity index (χ0v) is 23.7. The van der Waals surface area contributed by atoms with Crippen LogP contribution in [0.1, 0.15) is 47.8 Å². The van der Waals surface area contributed by atoms with E-state index in [0.717, 1.165) is 11.8 Å². The maximum Gasteiger partial charge on any atom is 0.406 e. The van der Waals surface area contributed by atoms with Crippen LogP contribution in [0.15, 0.2) is 11.1 Å². The summed E-state index contributed by atoms with van der Waals surface area (Å²) >= 11 is 0.823. The highest BCUT2D eigenvalue weighted by Gasteiger charge is 2.54. The molecule has 5 unspecified atom stereocenters. The van der Waals surface area contributed by atoms with Crippen molar-refractivity contribution in [2.75, 3.05) is 24.7 Å². The first-order valence-corrected chi connectivity index (χ1v) is 14.2. The fourth-order valence-electron chi connectivity index (χ4n) is 3.65. The molecule has 0 amide bonds. The minimum absolute atomic E-state index is 0.0341. The van der Waals surface area contributed by atoms with Gasteiger partial charge in [0.15, 0.2) is 17.4 Å². The van der Waals surface area contributed by atoms with Gasteiger partial charge in [-0.05, 0) is 41.5 Å². The quantitative estimate of drug-likeness (QED) is 0.164. The first-order chi connectivity index (χ1) is 17.3. The van der Waals surface area contributed by atoms with E-state index in [0.29, 0.717) is 0 Å². The third-order valence-corrected chi connectivity index (χ3v) is 8.50. The Morgan fingerprint density at radius 3 is 2.63 bits per heavy atom. The maximum absolute atomic E-state index is 13.5. The fourth-order valence-corrected chi connectivity index (χ4v) is 6.17. The maximum atomic E-state index is 13.5. The SMILES string of the molecule is CC(C)(C)NP(=O)(OCCSC(=O)C(C)(C)O)OCC1OC(n2cnc3c(=O)[nH]c(N)nc32)C(C)(O)C1O. The van der Waals surface area contributed by atoms with Crippen molar-refractivity contribution in [3.8, 4) is 0 Å². The molecule has 7 N–H and O–H groups in total. The van der Waals surface area contributed by atoms with E-state index in [4.69, 9.17) is 19.5 Å². The van der Waals surface area contributed by atoms with Crippen LogP contribution < -0.4 is 16.4 Å². The highest BCUT2D eigenvalue weighted by molar-refractivity contribution is 8.13. The van der Waals surface area contributed by atoms with E-state index in [1.807, 2.05) is 0 Å². The Morgan fingerprint density at radius 2 is 2.03 bits per heavy atom. The van der Waals surface area contributed by atoms with Crippen molar-refractivity contribution in [2.45, 2.75) is 76.7 Å². The summed E-state index contributed by atoms with van der Waals surface area (Å²) in [6.45, 7) is 8.68. The average Bonchev–Trinajstić information content (AvgIpc) is 3.26. The molecule has 1 fully saturated rings. The van der Waals surface area contributed by atoms with Crippen LogP contribution in [0.4, 0.5) is 5.95 Å². The van der Waals surface area contributed by atoms with Gasteiger partial charge >= 0.3 is 7.75 Å². The molecule has 2 aromatic rings. The van der Waals surface area contributed by atoms with Gasteiger partial charge in [0.1, 0.15) is 23.4 Å². The summed E-state index contributed by atoms with van der Waals surface area (Å²) in [5.41, 5.74) is 0.933. The van der Waals surface area contributed by atoms with E-state index in [2.05, 4.69) is 20.0 Å². The van der Waals surface area contributed by atoms with E-state index < -0.39 is 60.2 Å². The van der Waals surface area contributed by atoms with Crippen LogP contribution in [-0.2, 0) is 23.1 Å². The monoisotopic (exact) mass is 578 g/mol. The lowest BCUT2D eigenvalue weighted by atomic mass is 9.96. The van der Waals surface area contributed by atoms with E-state index in [-0.39, 0.29) is 29.5 Å². The molecule has 38 heavy (non-hydrogen) atoms. The number of H-pyrrole nitrogens is 1. The molecule has 0 radical (unpaired) electrons. The zero-order valence-electron chi connectivity index (χ0n) is 22.0. The molecular weight excluding hydrogens is 543 g/mol. The molecule has 1 aliphatic heterocycles. The molecule has 0 bridgehead atoms. The van der Waals surface area contributed by atoms with Crippen molar-refractivity contribution in [3.05, 3.63) is 16.7 Å². The van der Waals surface area contributed by atoms with E-state index in [1.165, 1.54) is 31.7 Å². The van der Waals surface area contributed by atoms with Gasteiger partial charge in [-0.1, -0.05) is 11.8 Å². The predicted octanol–water partition coefficient (Wildman–Crippen LogP) is 0.271. The highest BCUT2D eigenvalue weighted by atomic mass is 32.2. The number of nitrogens with zero attached hydrogens (tertiary/aromatic N) is 3. The third kappa shape index (κ3) is 7.00. The Labute approximate surface area is 223 Å². The van der Waals surface area contributed by atoms with Crippen LogP contribution >= 0.6 is 19.5 Å². The Bertz CT molecular complexity index is 1270. The van der Waals surface area contributed by atoms with Gasteiger partial charge < -0.3 is 25.8 Å². The number of nitrogens with one attached hydrogen (secondary N) is 2. The number of fused-ring (bicyclic) bond motifs is 1. The topological polar surface area (TPSA) is 224 Å². The second-order valence-corrected chi connectivity index (χ2v) is 13.5. The number of carbonyl (C=O) groups is 1. The summed E-state index contributed by atoms with van der Waals surface area (Å²) in [6, 6.07) is 0. The van der Waals surface area contributed by atoms with Crippen LogP contribution in [0.25, 0.3) is 11.2 Å². The molecule has 0 spiro atoms. The smallest absolute Gasteiger partial charge is 0.387 e. The number of aliphatic hydroxyl groups excluding tert-OH is 1. The van der Waals surface area contributed by atoms with Crippen molar-refractivity contribution in [1.82, 2.24) is 24.6 Å². The van der Waals surface area contributed by atoms with E-state index in [1.54, 1.807) is 20.8 Å². The highest BCUT2D eigenvalue weighted by Crippen LogP contribution is 2.48. The number of anilines is 1. The number of aromatic nitrogens is 4. The molecule has 1 aliphatic rings. The van der Waals surface area contributed by atoms with Crippen LogP contribution in [0.3, 0.4) is 0 Å². The number of carbonyl (C=O) groups excluding carboxylic acids is 1. The minimum Gasteiger partial charge on any atom is -0.387 e. The Kier molecular flexibility index (Phi) is 8.83. The van der Waals surface area contributed by atoms with Gasteiger partial charge in [-0.25, -0.2) is 14.6 Å². The fraction of sp³-hybridized carbons (Fsp3) is 0.714. The first kappa shape index (κ1) is 30.7. The van der Waals surface area contributed by atoms with Crippen molar-refractivity contribution in [2.24, 2.45) is 0 Å². The Balaban J connectivity index is 1.74. The minimum atomic E-state index is -4.00. The summed E-state index contributed by atoms with van der Waals surface area (Å²) < 4.78 is 31.7. The van der Waals surface area contributed by atoms with Gasteiger partial charge in [0.2, 0.25) is 11.1 Å². The summed E-state index contributed by atoms with van der Waals surface area (Å²) in [7, 11) is -4.00. The van der Waals surface area contributed by atoms with Crippen LogP contribution in [-0.4, -0.2) is 87.9 Å². The second kappa shape index (κ2) is 10.9. The molecule has 3 heterocycles. The number of ether oxygens (including phenoxy) is 1. The van der Waals surface area contributed by atoms with Gasteiger partial charge in [-0.3, -0.25) is 28.2 Å². The number of aliphatic hydroxyl groups is 3. The molecular formula is C21H35N6O9PS. The average molecular weight is 579 g/mol. The molecule has 214 valence electrons. The third-order valence-electron chi connectivity index (χ3n) is 5.42. The van der Waals surface area contributed by atoms with Crippen molar-refractivity contribution < 1.29 is 38.5 Å². The lowest BCUT2D eigenvalue weighted by Gasteiger charge is -2.29. The number of hydrogen-bond acceptors (Lipinski definition) is 13. The van der Waals surface area contributed by atoms with Crippen LogP contribution in [0, 0.1) is 0 Å². The molecule has 0 aliphatic carbocycles. The number of rotatable bonds is 10. The van der Waals surface area contributed by atoms with Gasteiger partial charge in [0, 0.05) is 11.3 Å². The number of imidazole rings is 1. The summed E-state index contributed by atoms with van der Waals surface area (Å²) in [5, 5.41) is 34.0. The molecule has 0 saturated carbocycles. The Hall–Kier alpha value is -1.88. The molecule has 3 rings (SSSR count). The lowest BCUT2D eigenvalue weighted by Crippen LogP contribution is -2.44. The van der Waals surface area contributed by atoms with Gasteiger partial charge in [0.05, 0.1) is 19.5 Å². The number of thioether (sulfide) groups is 1. The van der Waals surface area contributed by atoms with Gasteiger partial charge in [-0.15, -0.1) is 0 Å². The molecule has 1 saturated heterocycles. The molecule has 5 atom stereocenters. The number of nitrogens with two attached hydrogens (primary N) is 1. The summed E-state index contributed by atoms with van der Waals surface area (Å²) in [5.74, 6) is -0.0688. The first-order valence-electron chi connectivity index (χ1n) is 11.7. The van der Waals surface area contributed by atoms with Gasteiger partial charge in [0.25, 0.3) is 5.56 Å². The van der Waals surface area contributed by atoms with E-state index in [9.17, 15) is 29.5 Å². The van der Waals surface area contributed by atoms with Crippen molar-refractivity contribution >= 4 is 41.7 Å².